The molecule has 1 heterocycles. The average molecular weight is 455 g/mol. The van der Waals surface area contributed by atoms with Gasteiger partial charge in [-0.15, -0.1) is 9.35 Å². The zero-order valence-corrected chi connectivity index (χ0v) is 19.8. The lowest BCUT2D eigenvalue weighted by Gasteiger charge is -2.23. The lowest BCUT2D eigenvalue weighted by molar-refractivity contribution is -0.166. The fourth-order valence-electron chi connectivity index (χ4n) is 5.20. The molecule has 1 saturated heterocycles. The van der Waals surface area contributed by atoms with Gasteiger partial charge in [-0.25, -0.2) is 0 Å². The summed E-state index contributed by atoms with van der Waals surface area (Å²) in [6, 6.07) is 0. The molecule has 176 valence electrons. The van der Waals surface area contributed by atoms with E-state index in [0.29, 0.717) is 11.6 Å². The molecular formula is C23H38N2O5S. The van der Waals surface area contributed by atoms with Gasteiger partial charge in [-0.3, -0.25) is 9.59 Å². The van der Waals surface area contributed by atoms with Crippen LogP contribution in [0.5, 0.6) is 0 Å². The van der Waals surface area contributed by atoms with E-state index in [2.05, 4.69) is 18.7 Å². The van der Waals surface area contributed by atoms with Crippen molar-refractivity contribution in [1.29, 1.82) is 0 Å². The monoisotopic (exact) mass is 454 g/mol. The predicted molar refractivity (Wildman–Crippen MR) is 119 cm³/mol. The molecule has 0 radical (unpaired) electrons. The second kappa shape index (κ2) is 11.1. The second-order valence-corrected chi connectivity index (χ2v) is 10.9. The van der Waals surface area contributed by atoms with E-state index in [1.165, 1.54) is 12.8 Å². The van der Waals surface area contributed by atoms with Gasteiger partial charge in [0.2, 0.25) is 0 Å². The quantitative estimate of drug-likeness (QED) is 0.214. The number of imide groups is 1. The third kappa shape index (κ3) is 5.96. The largest absolute Gasteiger partial charge is 0.302 e. The summed E-state index contributed by atoms with van der Waals surface area (Å²) in [6.45, 7) is 6.42. The molecule has 8 heteroatoms. The third-order valence-corrected chi connectivity index (χ3v) is 7.99. The molecule has 0 spiro atoms. The van der Waals surface area contributed by atoms with Crippen LogP contribution in [0.15, 0.2) is 12.2 Å². The number of carbonyl (C=O) groups excluding carboxylic acids is 2. The molecule has 1 aliphatic heterocycles. The van der Waals surface area contributed by atoms with Crippen LogP contribution in [0.3, 0.4) is 0 Å². The van der Waals surface area contributed by atoms with Crippen LogP contribution in [-0.2, 0) is 24.0 Å². The van der Waals surface area contributed by atoms with E-state index >= 15 is 0 Å². The van der Waals surface area contributed by atoms with Crippen molar-refractivity contribution in [2.45, 2.75) is 71.6 Å². The van der Waals surface area contributed by atoms with Crippen LogP contribution in [0.1, 0.15) is 71.6 Å². The number of carbonyl (C=O) groups is 2. The summed E-state index contributed by atoms with van der Waals surface area (Å²) in [5.41, 5.74) is 0. The maximum absolute atomic E-state index is 12.7. The highest BCUT2D eigenvalue weighted by Crippen LogP contribution is 2.52. The van der Waals surface area contributed by atoms with Crippen LogP contribution >= 0.6 is 0 Å². The number of nitrogens with zero attached hydrogens (tertiary/aromatic N) is 2. The minimum absolute atomic E-state index is 0.0319. The Morgan fingerprint density at radius 2 is 1.39 bits per heavy atom. The van der Waals surface area contributed by atoms with Gasteiger partial charge in [0, 0.05) is 6.54 Å². The molecule has 31 heavy (non-hydrogen) atoms. The molecule has 3 rings (SSSR count). The minimum Gasteiger partial charge on any atom is -0.302 e. The van der Waals surface area contributed by atoms with Gasteiger partial charge in [0.05, 0.1) is 17.6 Å². The van der Waals surface area contributed by atoms with Gasteiger partial charge in [-0.1, -0.05) is 64.5 Å². The van der Waals surface area contributed by atoms with Crippen molar-refractivity contribution in [2.75, 3.05) is 25.4 Å². The molecule has 2 fully saturated rings. The van der Waals surface area contributed by atoms with E-state index in [0.717, 1.165) is 58.0 Å². The van der Waals surface area contributed by atoms with Gasteiger partial charge >= 0.3 is 0 Å². The Kier molecular flexibility index (Phi) is 8.70. The summed E-state index contributed by atoms with van der Waals surface area (Å²) in [7, 11) is -4.02. The third-order valence-electron chi connectivity index (χ3n) is 6.93. The van der Waals surface area contributed by atoms with E-state index in [1.54, 1.807) is 0 Å². The van der Waals surface area contributed by atoms with Crippen molar-refractivity contribution < 1.29 is 22.3 Å². The van der Waals surface area contributed by atoms with Gasteiger partial charge in [-0.2, -0.15) is 8.42 Å². The Morgan fingerprint density at radius 3 is 1.87 bits per heavy atom. The molecule has 4 atom stereocenters. The smallest absolute Gasteiger partial charge is 0.289 e. The number of allylic oxidation sites excluding steroid dienone is 2. The molecule has 4 unspecified atom stereocenters. The van der Waals surface area contributed by atoms with Crippen LogP contribution in [-0.4, -0.2) is 55.6 Å². The Balaban J connectivity index is 1.51. The lowest BCUT2D eigenvalue weighted by Crippen LogP contribution is -2.38. The summed E-state index contributed by atoms with van der Waals surface area (Å²) < 4.78 is 30.3. The SMILES string of the molecule is CCCCCCN(CCCCCC)CCS(=O)(=O)ON1C(=O)C2C3C=CC(C3)C2C1=O. The van der Waals surface area contributed by atoms with Gasteiger partial charge in [0.1, 0.15) is 0 Å². The summed E-state index contributed by atoms with van der Waals surface area (Å²) >= 11 is 0. The first-order valence-electron chi connectivity index (χ1n) is 12.1. The topological polar surface area (TPSA) is 84.0 Å². The maximum Gasteiger partial charge on any atom is 0.289 e. The Morgan fingerprint density at radius 1 is 0.871 bits per heavy atom. The standard InChI is InChI=1S/C23H38N2O5S/c1-3-5-7-9-13-24(14-10-8-6-4-2)15-16-31(28,29)30-25-22(26)20-18-11-12-19(17-18)21(20)23(25)27/h11-12,18-21H,3-10,13-17H2,1-2H3. The van der Waals surface area contributed by atoms with Crippen LogP contribution in [0.25, 0.3) is 0 Å². The molecule has 7 nitrogen and oxygen atoms in total. The fraction of sp³-hybridized carbons (Fsp3) is 0.826. The number of rotatable bonds is 15. The molecule has 2 aliphatic carbocycles. The van der Waals surface area contributed by atoms with E-state index in [-0.39, 0.29) is 17.6 Å². The normalized spacial score (nSPS) is 27.1. The summed E-state index contributed by atoms with van der Waals surface area (Å²) in [5.74, 6) is -2.05. The number of unbranched alkanes of at least 4 members (excludes halogenated alkanes) is 6. The lowest BCUT2D eigenvalue weighted by atomic mass is 9.85. The van der Waals surface area contributed by atoms with Crippen LogP contribution in [0.2, 0.25) is 0 Å². The number of hydrogen-bond acceptors (Lipinski definition) is 6. The van der Waals surface area contributed by atoms with Crippen LogP contribution in [0.4, 0.5) is 0 Å². The number of fused-ring (bicyclic) bond motifs is 5. The molecule has 2 bridgehead atoms. The summed E-state index contributed by atoms with van der Waals surface area (Å²) in [4.78, 5) is 27.5. The van der Waals surface area contributed by atoms with E-state index in [1.807, 2.05) is 12.2 Å². The fourth-order valence-corrected chi connectivity index (χ4v) is 6.13. The first-order chi connectivity index (χ1) is 14.9. The molecule has 3 aliphatic rings. The molecule has 0 aromatic rings. The highest BCUT2D eigenvalue weighted by molar-refractivity contribution is 7.86. The zero-order valence-electron chi connectivity index (χ0n) is 19.0. The molecule has 0 N–H and O–H groups in total. The number of amides is 2. The van der Waals surface area contributed by atoms with Gasteiger partial charge in [0.25, 0.3) is 21.9 Å². The Bertz CT molecular complexity index is 724. The number of hydroxylamine groups is 2. The Hall–Kier alpha value is -1.25. The predicted octanol–water partition coefficient (Wildman–Crippen LogP) is 3.52. The highest BCUT2D eigenvalue weighted by Gasteiger charge is 2.60. The first kappa shape index (κ1) is 24.4. The maximum atomic E-state index is 12.7. The molecule has 0 aromatic heterocycles. The van der Waals surface area contributed by atoms with E-state index in [4.69, 9.17) is 4.28 Å². The summed E-state index contributed by atoms with van der Waals surface area (Å²) in [6.07, 6.45) is 13.8. The number of hydrogen-bond donors (Lipinski definition) is 0. The molecule has 0 aromatic carbocycles. The zero-order chi connectivity index (χ0) is 22.4. The van der Waals surface area contributed by atoms with Gasteiger partial charge < -0.3 is 4.90 Å². The van der Waals surface area contributed by atoms with Crippen molar-refractivity contribution in [3.8, 4) is 0 Å². The van der Waals surface area contributed by atoms with Crippen LogP contribution < -0.4 is 0 Å². The van der Waals surface area contributed by atoms with Crippen molar-refractivity contribution in [3.63, 3.8) is 0 Å². The molecular weight excluding hydrogens is 416 g/mol. The van der Waals surface area contributed by atoms with Crippen molar-refractivity contribution >= 4 is 21.9 Å². The Labute approximate surface area is 187 Å². The molecule has 1 saturated carbocycles. The van der Waals surface area contributed by atoms with Crippen molar-refractivity contribution in [3.05, 3.63) is 12.2 Å². The van der Waals surface area contributed by atoms with E-state index < -0.39 is 33.8 Å². The summed E-state index contributed by atoms with van der Waals surface area (Å²) in [5, 5.41) is 0.545. The van der Waals surface area contributed by atoms with Crippen LogP contribution in [0, 0.1) is 23.7 Å². The minimum atomic E-state index is -4.02. The first-order valence-corrected chi connectivity index (χ1v) is 13.7. The van der Waals surface area contributed by atoms with Crippen molar-refractivity contribution in [1.82, 2.24) is 9.96 Å². The van der Waals surface area contributed by atoms with Gasteiger partial charge in [0.15, 0.2) is 0 Å². The average Bonchev–Trinajstić information content (AvgIpc) is 3.42. The second-order valence-electron chi connectivity index (χ2n) is 9.27. The highest BCUT2D eigenvalue weighted by atomic mass is 32.2. The molecule has 2 amide bonds. The van der Waals surface area contributed by atoms with Crippen molar-refractivity contribution in [2.24, 2.45) is 23.7 Å². The van der Waals surface area contributed by atoms with Gasteiger partial charge in [-0.05, 0) is 44.2 Å². The van der Waals surface area contributed by atoms with E-state index in [9.17, 15) is 18.0 Å².